The van der Waals surface area contributed by atoms with Gasteiger partial charge in [-0.3, -0.25) is 0 Å². The molecular weight excluding hydrogens is 196 g/mol. The molecular formula is C11H12O2S. The van der Waals surface area contributed by atoms with E-state index in [-0.39, 0.29) is 0 Å². The van der Waals surface area contributed by atoms with Crippen LogP contribution in [-0.2, 0) is 4.79 Å². The first-order valence-corrected chi connectivity index (χ1v) is 5.41. The number of rotatable bonds is 3. The number of carboxylic acid groups (broad SMARTS) is 1. The van der Waals surface area contributed by atoms with Crippen molar-refractivity contribution in [3.05, 3.63) is 35.4 Å². The smallest absolute Gasteiger partial charge is 0.328 e. The Labute approximate surface area is 87.6 Å². The van der Waals surface area contributed by atoms with Crippen LogP contribution in [0.1, 0.15) is 11.1 Å². The predicted molar refractivity (Wildman–Crippen MR) is 59.6 cm³/mol. The van der Waals surface area contributed by atoms with Gasteiger partial charge in [-0.05, 0) is 36.4 Å². The number of hydrogen-bond acceptors (Lipinski definition) is 2. The first-order chi connectivity index (χ1) is 6.63. The molecule has 0 unspecified atom stereocenters. The lowest BCUT2D eigenvalue weighted by atomic mass is 10.1. The molecule has 0 saturated heterocycles. The van der Waals surface area contributed by atoms with Gasteiger partial charge in [0.05, 0.1) is 0 Å². The highest BCUT2D eigenvalue weighted by Crippen LogP contribution is 2.21. The van der Waals surface area contributed by atoms with Gasteiger partial charge < -0.3 is 5.11 Å². The number of aliphatic carboxylic acids is 1. The van der Waals surface area contributed by atoms with Crippen LogP contribution in [0.4, 0.5) is 0 Å². The van der Waals surface area contributed by atoms with Crippen molar-refractivity contribution in [2.45, 2.75) is 11.8 Å². The summed E-state index contributed by atoms with van der Waals surface area (Å²) in [7, 11) is 0. The number of carboxylic acids is 1. The molecule has 74 valence electrons. The molecule has 1 aromatic rings. The molecule has 0 aliphatic carbocycles. The lowest BCUT2D eigenvalue weighted by Gasteiger charge is -2.02. The Morgan fingerprint density at radius 3 is 2.71 bits per heavy atom. The molecule has 0 saturated carbocycles. The number of benzene rings is 1. The molecule has 0 atom stereocenters. The van der Waals surface area contributed by atoms with Crippen LogP contribution in [0.3, 0.4) is 0 Å². The molecule has 0 fully saturated rings. The van der Waals surface area contributed by atoms with E-state index in [9.17, 15) is 4.79 Å². The summed E-state index contributed by atoms with van der Waals surface area (Å²) in [6.45, 7) is 2.02. The van der Waals surface area contributed by atoms with Crippen LogP contribution >= 0.6 is 11.8 Å². The lowest BCUT2D eigenvalue weighted by molar-refractivity contribution is -0.131. The van der Waals surface area contributed by atoms with Gasteiger partial charge in [-0.2, -0.15) is 0 Å². The van der Waals surface area contributed by atoms with E-state index < -0.39 is 5.97 Å². The molecule has 1 N–H and O–H groups in total. The van der Waals surface area contributed by atoms with E-state index in [0.717, 1.165) is 11.6 Å². The third-order valence-electron chi connectivity index (χ3n) is 1.84. The molecule has 2 nitrogen and oxygen atoms in total. The first kappa shape index (κ1) is 10.9. The van der Waals surface area contributed by atoms with Crippen LogP contribution < -0.4 is 0 Å². The van der Waals surface area contributed by atoms with Crippen LogP contribution in [-0.4, -0.2) is 17.3 Å². The summed E-state index contributed by atoms with van der Waals surface area (Å²) in [6, 6.07) is 5.89. The fourth-order valence-electron chi connectivity index (χ4n) is 1.17. The second-order valence-corrected chi connectivity index (χ2v) is 3.75. The Hall–Kier alpha value is -1.22. The Kier molecular flexibility index (Phi) is 3.77. The summed E-state index contributed by atoms with van der Waals surface area (Å²) in [5.74, 6) is -0.920. The van der Waals surface area contributed by atoms with Gasteiger partial charge in [0.2, 0.25) is 0 Å². The van der Waals surface area contributed by atoms with Gasteiger partial charge in [0.25, 0.3) is 0 Å². The van der Waals surface area contributed by atoms with Crippen LogP contribution in [0.2, 0.25) is 0 Å². The quantitative estimate of drug-likeness (QED) is 0.613. The maximum Gasteiger partial charge on any atom is 0.328 e. The normalized spacial score (nSPS) is 10.7. The molecule has 0 spiro atoms. The van der Waals surface area contributed by atoms with Crippen LogP contribution in [0.25, 0.3) is 6.08 Å². The number of carbonyl (C=O) groups is 1. The van der Waals surface area contributed by atoms with Gasteiger partial charge >= 0.3 is 5.97 Å². The molecule has 0 aromatic heterocycles. The zero-order valence-electron chi connectivity index (χ0n) is 8.15. The van der Waals surface area contributed by atoms with E-state index >= 15 is 0 Å². The zero-order valence-corrected chi connectivity index (χ0v) is 8.97. The average molecular weight is 208 g/mol. The minimum Gasteiger partial charge on any atom is -0.478 e. The number of hydrogen-bond donors (Lipinski definition) is 1. The highest BCUT2D eigenvalue weighted by atomic mass is 32.2. The lowest BCUT2D eigenvalue weighted by Crippen LogP contribution is -1.86. The largest absolute Gasteiger partial charge is 0.478 e. The van der Waals surface area contributed by atoms with E-state index in [0.29, 0.717) is 0 Å². The first-order valence-electron chi connectivity index (χ1n) is 4.19. The minimum absolute atomic E-state index is 0.919. The van der Waals surface area contributed by atoms with Gasteiger partial charge in [0.1, 0.15) is 0 Å². The Morgan fingerprint density at radius 1 is 1.50 bits per heavy atom. The van der Waals surface area contributed by atoms with Crippen molar-refractivity contribution >= 4 is 23.8 Å². The summed E-state index contributed by atoms with van der Waals surface area (Å²) >= 11 is 1.69. The summed E-state index contributed by atoms with van der Waals surface area (Å²) in [5.41, 5.74) is 2.09. The highest BCUT2D eigenvalue weighted by Gasteiger charge is 1.96. The molecule has 0 amide bonds. The number of thioether (sulfide) groups is 1. The van der Waals surface area contributed by atoms with Crippen molar-refractivity contribution in [2.24, 2.45) is 0 Å². The average Bonchev–Trinajstić information content (AvgIpc) is 2.15. The minimum atomic E-state index is -0.920. The molecule has 0 radical (unpaired) electrons. The molecule has 14 heavy (non-hydrogen) atoms. The fraction of sp³-hybridized carbons (Fsp3) is 0.182. The summed E-state index contributed by atoms with van der Waals surface area (Å²) in [6.07, 6.45) is 4.77. The molecule has 1 aromatic carbocycles. The van der Waals surface area contributed by atoms with Crippen molar-refractivity contribution in [1.29, 1.82) is 0 Å². The molecule has 0 heterocycles. The molecule has 1 rings (SSSR count). The SMILES string of the molecule is CSc1ccc(/C=C/C(=O)O)cc1C. The van der Waals surface area contributed by atoms with E-state index in [2.05, 4.69) is 0 Å². The van der Waals surface area contributed by atoms with E-state index in [1.165, 1.54) is 10.5 Å². The Balaban J connectivity index is 2.91. The molecule has 0 aliphatic rings. The van der Waals surface area contributed by atoms with Crippen LogP contribution in [0.15, 0.2) is 29.2 Å². The van der Waals surface area contributed by atoms with Gasteiger partial charge in [-0.25, -0.2) is 4.79 Å². The van der Waals surface area contributed by atoms with Crippen molar-refractivity contribution in [3.8, 4) is 0 Å². The van der Waals surface area contributed by atoms with Gasteiger partial charge in [-0.1, -0.05) is 12.1 Å². The third-order valence-corrected chi connectivity index (χ3v) is 2.74. The molecule has 0 aliphatic heterocycles. The van der Waals surface area contributed by atoms with Gasteiger partial charge in [0.15, 0.2) is 0 Å². The Bertz CT molecular complexity index is 370. The van der Waals surface area contributed by atoms with Gasteiger partial charge in [0, 0.05) is 11.0 Å². The van der Waals surface area contributed by atoms with Crippen molar-refractivity contribution in [1.82, 2.24) is 0 Å². The van der Waals surface area contributed by atoms with Crippen molar-refractivity contribution in [2.75, 3.05) is 6.26 Å². The van der Waals surface area contributed by atoms with Crippen molar-refractivity contribution in [3.63, 3.8) is 0 Å². The summed E-state index contributed by atoms with van der Waals surface area (Å²) < 4.78 is 0. The molecule has 0 bridgehead atoms. The maximum absolute atomic E-state index is 10.3. The summed E-state index contributed by atoms with van der Waals surface area (Å²) in [5, 5.41) is 8.45. The second kappa shape index (κ2) is 4.86. The third kappa shape index (κ3) is 2.92. The number of aryl methyl sites for hydroxylation is 1. The highest BCUT2D eigenvalue weighted by molar-refractivity contribution is 7.98. The van der Waals surface area contributed by atoms with E-state index in [1.54, 1.807) is 17.8 Å². The summed E-state index contributed by atoms with van der Waals surface area (Å²) in [4.78, 5) is 11.5. The van der Waals surface area contributed by atoms with E-state index in [1.807, 2.05) is 31.4 Å². The van der Waals surface area contributed by atoms with Gasteiger partial charge in [-0.15, -0.1) is 11.8 Å². The molecule has 3 heteroatoms. The van der Waals surface area contributed by atoms with Crippen molar-refractivity contribution < 1.29 is 9.90 Å². The van der Waals surface area contributed by atoms with E-state index in [4.69, 9.17) is 5.11 Å². The fourth-order valence-corrected chi connectivity index (χ4v) is 1.76. The second-order valence-electron chi connectivity index (χ2n) is 2.90. The standard InChI is InChI=1S/C11H12O2S/c1-8-7-9(4-6-11(12)13)3-5-10(8)14-2/h3-7H,1-2H3,(H,12,13)/b6-4+. The predicted octanol–water partition coefficient (Wildman–Crippen LogP) is 2.81. The zero-order chi connectivity index (χ0) is 10.6. The monoisotopic (exact) mass is 208 g/mol. The Morgan fingerprint density at radius 2 is 2.21 bits per heavy atom. The topological polar surface area (TPSA) is 37.3 Å². The van der Waals surface area contributed by atoms with Crippen LogP contribution in [0.5, 0.6) is 0 Å². The maximum atomic E-state index is 10.3. The van der Waals surface area contributed by atoms with Crippen LogP contribution in [0, 0.1) is 6.92 Å².